The zero-order chi connectivity index (χ0) is 25.0. The quantitative estimate of drug-likeness (QED) is 0.296. The number of morpholine rings is 1. The van der Waals surface area contributed by atoms with E-state index >= 15 is 0 Å². The summed E-state index contributed by atoms with van der Waals surface area (Å²) in [4.78, 5) is 32.4. The van der Waals surface area contributed by atoms with Gasteiger partial charge in [0.25, 0.3) is 0 Å². The molecule has 0 spiro atoms. The molecule has 11 heteroatoms. The maximum absolute atomic E-state index is 13.3. The van der Waals surface area contributed by atoms with Gasteiger partial charge < -0.3 is 10.1 Å². The Bertz CT molecular complexity index is 1190. The number of nitrogens with one attached hydrogen (secondary N) is 2. The summed E-state index contributed by atoms with van der Waals surface area (Å²) in [6, 6.07) is 7.83. The van der Waals surface area contributed by atoms with Gasteiger partial charge in [-0.1, -0.05) is 24.3 Å². The minimum Gasteiger partial charge on any atom is -0.379 e. The molecule has 3 N–H and O–H groups in total. The lowest BCUT2D eigenvalue weighted by molar-refractivity contribution is -0.139. The molecule has 0 radical (unpaired) electrons. The lowest BCUT2D eigenvalue weighted by Crippen LogP contribution is -2.44. The van der Waals surface area contributed by atoms with Crippen molar-refractivity contribution in [2.75, 3.05) is 32.8 Å². The highest BCUT2D eigenvalue weighted by atomic mass is 32.1. The number of nitrogens with zero attached hydrogens (tertiary/aromatic N) is 4. The molecule has 0 saturated carbocycles. The van der Waals surface area contributed by atoms with Crippen LogP contribution >= 0.6 is 11.3 Å². The summed E-state index contributed by atoms with van der Waals surface area (Å²) in [6.45, 7) is 5.47. The monoisotopic (exact) mass is 510 g/mol. The molecule has 1 aliphatic heterocycles. The number of aromatic nitrogens is 3. The van der Waals surface area contributed by atoms with E-state index in [1.807, 2.05) is 46.7 Å². The van der Waals surface area contributed by atoms with Gasteiger partial charge >= 0.3 is 0 Å². The van der Waals surface area contributed by atoms with Gasteiger partial charge in [-0.2, -0.15) is 5.10 Å². The second-order valence-corrected chi connectivity index (χ2v) is 10.3. The molecule has 3 heterocycles. The smallest absolute Gasteiger partial charge is 0.244 e. The molecule has 1 aliphatic carbocycles. The fraction of sp³-hybridized carbons (Fsp3) is 0.440. The minimum atomic E-state index is -0.932. The van der Waals surface area contributed by atoms with Gasteiger partial charge in [0.05, 0.1) is 43.6 Å². The van der Waals surface area contributed by atoms with Crippen molar-refractivity contribution in [3.8, 4) is 11.3 Å². The standard InChI is InChI=1S/C25H30N6O4S/c32-22(29-34)13-25(11-18-3-1-2-4-19(18)12-25)24(33)26-15-23-28-21(17-36-23)20-14-27-31(16-20)6-5-30-7-9-35-10-8-30/h1-4,14,16-17,34H,5-13,15H2,(H,26,33)(H,29,32). The number of carbonyl (C=O) groups excluding carboxylic acids is 2. The summed E-state index contributed by atoms with van der Waals surface area (Å²) in [5, 5.41) is 19.3. The van der Waals surface area contributed by atoms with Crippen LogP contribution in [-0.4, -0.2) is 69.5 Å². The predicted octanol–water partition coefficient (Wildman–Crippen LogP) is 1.64. The summed E-state index contributed by atoms with van der Waals surface area (Å²) in [5.74, 6) is -0.782. The molecular formula is C25H30N6O4S. The van der Waals surface area contributed by atoms with Gasteiger partial charge in [0.1, 0.15) is 5.01 Å². The zero-order valence-electron chi connectivity index (χ0n) is 20.0. The Balaban J connectivity index is 1.19. The Kier molecular flexibility index (Phi) is 7.42. The Morgan fingerprint density at radius 1 is 1.14 bits per heavy atom. The van der Waals surface area contributed by atoms with E-state index in [0.29, 0.717) is 12.8 Å². The zero-order valence-corrected chi connectivity index (χ0v) is 20.8. The van der Waals surface area contributed by atoms with Crippen molar-refractivity contribution in [1.29, 1.82) is 0 Å². The number of carbonyl (C=O) groups is 2. The van der Waals surface area contributed by atoms with Gasteiger partial charge in [0.2, 0.25) is 11.8 Å². The van der Waals surface area contributed by atoms with E-state index in [1.54, 1.807) is 5.48 Å². The topological polar surface area (TPSA) is 122 Å². The predicted molar refractivity (Wildman–Crippen MR) is 133 cm³/mol. The SMILES string of the molecule is O=C(CC1(C(=O)NCc2nc(-c3cnn(CCN4CCOCC4)c3)cs2)Cc2ccccc2C1)NO. The first kappa shape index (κ1) is 24.6. The second-order valence-electron chi connectivity index (χ2n) is 9.37. The molecule has 0 atom stereocenters. The Morgan fingerprint density at radius 2 is 1.89 bits per heavy atom. The Hall–Kier alpha value is -3.12. The van der Waals surface area contributed by atoms with Gasteiger partial charge in [-0.25, -0.2) is 10.5 Å². The molecule has 10 nitrogen and oxygen atoms in total. The van der Waals surface area contributed by atoms with Crippen molar-refractivity contribution in [1.82, 2.24) is 30.5 Å². The van der Waals surface area contributed by atoms with Gasteiger partial charge in [0.15, 0.2) is 0 Å². The van der Waals surface area contributed by atoms with E-state index in [4.69, 9.17) is 9.94 Å². The first-order valence-electron chi connectivity index (χ1n) is 12.1. The van der Waals surface area contributed by atoms with Crippen LogP contribution in [0.4, 0.5) is 0 Å². The Morgan fingerprint density at radius 3 is 2.61 bits per heavy atom. The highest BCUT2D eigenvalue weighted by molar-refractivity contribution is 7.09. The second kappa shape index (κ2) is 10.9. The molecule has 2 amide bonds. The van der Waals surface area contributed by atoms with Crippen LogP contribution in [0.5, 0.6) is 0 Å². The number of hydrogen-bond donors (Lipinski definition) is 3. The van der Waals surface area contributed by atoms with Crippen LogP contribution in [0.15, 0.2) is 42.0 Å². The van der Waals surface area contributed by atoms with E-state index in [9.17, 15) is 9.59 Å². The van der Waals surface area contributed by atoms with E-state index in [1.165, 1.54) is 11.3 Å². The number of rotatable bonds is 9. The van der Waals surface area contributed by atoms with Gasteiger partial charge in [-0.3, -0.25) is 24.4 Å². The number of ether oxygens (including phenoxy) is 1. The molecule has 2 aromatic heterocycles. The molecular weight excluding hydrogens is 480 g/mol. The molecule has 2 aliphatic rings. The molecule has 0 unspecified atom stereocenters. The highest BCUT2D eigenvalue weighted by Gasteiger charge is 2.45. The third-order valence-corrected chi connectivity index (χ3v) is 7.76. The van der Waals surface area contributed by atoms with E-state index in [0.717, 1.165) is 66.8 Å². The van der Waals surface area contributed by atoms with Crippen molar-refractivity contribution in [2.24, 2.45) is 5.41 Å². The third-order valence-electron chi connectivity index (χ3n) is 6.91. The summed E-state index contributed by atoms with van der Waals surface area (Å²) in [7, 11) is 0. The molecule has 1 aromatic carbocycles. The number of thiazole rings is 1. The first-order chi connectivity index (χ1) is 17.5. The fourth-order valence-corrected chi connectivity index (χ4v) is 5.70. The summed E-state index contributed by atoms with van der Waals surface area (Å²) < 4.78 is 7.33. The lowest BCUT2D eigenvalue weighted by atomic mass is 9.80. The van der Waals surface area contributed by atoms with Crippen molar-refractivity contribution in [3.63, 3.8) is 0 Å². The molecule has 1 fully saturated rings. The number of hydrogen-bond acceptors (Lipinski definition) is 8. The maximum Gasteiger partial charge on any atom is 0.244 e. The van der Waals surface area contributed by atoms with E-state index < -0.39 is 11.3 Å². The van der Waals surface area contributed by atoms with Crippen LogP contribution in [0.3, 0.4) is 0 Å². The highest BCUT2D eigenvalue weighted by Crippen LogP contribution is 2.40. The number of benzene rings is 1. The number of hydroxylamine groups is 1. The van der Waals surface area contributed by atoms with Crippen molar-refractivity contribution in [2.45, 2.75) is 32.4 Å². The summed E-state index contributed by atoms with van der Waals surface area (Å²) in [5.41, 5.74) is 4.62. The minimum absolute atomic E-state index is 0.0865. The molecule has 5 rings (SSSR count). The van der Waals surface area contributed by atoms with Crippen molar-refractivity contribution >= 4 is 23.2 Å². The van der Waals surface area contributed by atoms with E-state index in [2.05, 4.69) is 20.3 Å². The molecule has 3 aromatic rings. The van der Waals surface area contributed by atoms with Gasteiger partial charge in [0, 0.05) is 43.2 Å². The average Bonchev–Trinajstić information content (AvgIpc) is 3.65. The fourth-order valence-electron chi connectivity index (χ4n) is 4.96. The summed E-state index contributed by atoms with van der Waals surface area (Å²) in [6.07, 6.45) is 4.63. The van der Waals surface area contributed by atoms with Crippen LogP contribution in [0.25, 0.3) is 11.3 Å². The number of amides is 2. The van der Waals surface area contributed by atoms with Crippen LogP contribution in [0.1, 0.15) is 22.6 Å². The molecule has 1 saturated heterocycles. The summed E-state index contributed by atoms with van der Waals surface area (Å²) >= 11 is 1.47. The van der Waals surface area contributed by atoms with Crippen LogP contribution in [0.2, 0.25) is 0 Å². The largest absolute Gasteiger partial charge is 0.379 e. The average molecular weight is 511 g/mol. The molecule has 36 heavy (non-hydrogen) atoms. The first-order valence-corrected chi connectivity index (χ1v) is 13.0. The van der Waals surface area contributed by atoms with Gasteiger partial charge in [-0.05, 0) is 24.0 Å². The van der Waals surface area contributed by atoms with Crippen molar-refractivity contribution < 1.29 is 19.5 Å². The molecule has 190 valence electrons. The van der Waals surface area contributed by atoms with Gasteiger partial charge in [-0.15, -0.1) is 11.3 Å². The normalized spacial score (nSPS) is 17.0. The van der Waals surface area contributed by atoms with Crippen LogP contribution in [-0.2, 0) is 40.3 Å². The molecule has 0 bridgehead atoms. The van der Waals surface area contributed by atoms with Crippen LogP contribution in [0, 0.1) is 5.41 Å². The van der Waals surface area contributed by atoms with E-state index in [-0.39, 0.29) is 18.9 Å². The third kappa shape index (κ3) is 5.49. The number of fused-ring (bicyclic) bond motifs is 1. The Labute approximate surface area is 213 Å². The maximum atomic E-state index is 13.3. The van der Waals surface area contributed by atoms with Crippen molar-refractivity contribution in [3.05, 3.63) is 58.2 Å². The lowest BCUT2D eigenvalue weighted by Gasteiger charge is -2.26. The van der Waals surface area contributed by atoms with Crippen LogP contribution < -0.4 is 10.8 Å².